The minimum Gasteiger partial charge on any atom is -0.496 e. The molecule has 1 atom stereocenters. The average molecular weight is 438 g/mol. The van der Waals surface area contributed by atoms with Crippen molar-refractivity contribution in [3.05, 3.63) is 44.8 Å². The molecule has 0 spiro atoms. The first-order valence-corrected chi connectivity index (χ1v) is 10.3. The molecule has 9 heteroatoms. The van der Waals surface area contributed by atoms with Gasteiger partial charge in [-0.2, -0.15) is 0 Å². The standard InChI is InChI=1S/C19H20ClN3O3S2/c1-9-3-5-11-14(7-9)28-18(15(11)16(21)24)23-19(27)22-17(25)12-8-10(20)4-6-13(12)26-2/h4,6,8-9H,3,5,7H2,1-2H3,(H2,21,24)(H2,22,23,25,27). The van der Waals surface area contributed by atoms with Gasteiger partial charge in [0.1, 0.15) is 10.8 Å². The molecule has 28 heavy (non-hydrogen) atoms. The molecule has 0 radical (unpaired) electrons. The largest absolute Gasteiger partial charge is 0.496 e. The van der Waals surface area contributed by atoms with E-state index in [0.717, 1.165) is 29.7 Å². The maximum atomic E-state index is 12.6. The number of carbonyl (C=O) groups is 2. The van der Waals surface area contributed by atoms with E-state index < -0.39 is 11.8 Å². The second-order valence-corrected chi connectivity index (χ2v) is 8.62. The minimum atomic E-state index is -0.500. The second kappa shape index (κ2) is 8.46. The van der Waals surface area contributed by atoms with Gasteiger partial charge in [0.15, 0.2) is 5.11 Å². The number of benzene rings is 1. The number of thiocarbonyl (C=S) groups is 1. The smallest absolute Gasteiger partial charge is 0.261 e. The minimum absolute atomic E-state index is 0.0705. The monoisotopic (exact) mass is 437 g/mol. The number of carbonyl (C=O) groups excluding carboxylic acids is 2. The highest BCUT2D eigenvalue weighted by Crippen LogP contribution is 2.39. The molecule has 0 fully saturated rings. The van der Waals surface area contributed by atoms with Crippen LogP contribution in [0.15, 0.2) is 18.2 Å². The Morgan fingerprint density at radius 1 is 1.39 bits per heavy atom. The van der Waals surface area contributed by atoms with Crippen LogP contribution >= 0.6 is 35.2 Å². The molecule has 1 heterocycles. The summed E-state index contributed by atoms with van der Waals surface area (Å²) in [7, 11) is 1.47. The molecule has 2 aromatic rings. The molecule has 0 aliphatic heterocycles. The fraction of sp³-hybridized carbons (Fsp3) is 0.316. The molecule has 4 N–H and O–H groups in total. The molecule has 1 aromatic carbocycles. The predicted molar refractivity (Wildman–Crippen MR) is 116 cm³/mol. The summed E-state index contributed by atoms with van der Waals surface area (Å²) in [5, 5.41) is 6.60. The summed E-state index contributed by atoms with van der Waals surface area (Å²) in [5.74, 6) is -0.0302. The summed E-state index contributed by atoms with van der Waals surface area (Å²) >= 11 is 12.7. The fourth-order valence-corrected chi connectivity index (χ4v) is 5.11. The molecule has 0 saturated carbocycles. The van der Waals surface area contributed by atoms with E-state index in [4.69, 9.17) is 34.3 Å². The van der Waals surface area contributed by atoms with Crippen LogP contribution in [0.5, 0.6) is 5.75 Å². The molecule has 148 valence electrons. The van der Waals surface area contributed by atoms with Crippen LogP contribution in [0.4, 0.5) is 5.00 Å². The van der Waals surface area contributed by atoms with Gasteiger partial charge in [-0.1, -0.05) is 18.5 Å². The van der Waals surface area contributed by atoms with Crippen molar-refractivity contribution >= 4 is 57.1 Å². The lowest BCUT2D eigenvalue weighted by atomic mass is 9.88. The van der Waals surface area contributed by atoms with Crippen molar-refractivity contribution in [1.82, 2.24) is 5.32 Å². The number of halogens is 1. The topological polar surface area (TPSA) is 93.4 Å². The molecule has 1 aromatic heterocycles. The Labute approximate surface area is 177 Å². The number of anilines is 1. The summed E-state index contributed by atoms with van der Waals surface area (Å²) in [6, 6.07) is 4.73. The highest BCUT2D eigenvalue weighted by Gasteiger charge is 2.27. The Hall–Kier alpha value is -2.16. The van der Waals surface area contributed by atoms with Gasteiger partial charge in [0.25, 0.3) is 11.8 Å². The first-order valence-electron chi connectivity index (χ1n) is 8.70. The number of nitrogens with two attached hydrogens (primary N) is 1. The number of primary amides is 1. The van der Waals surface area contributed by atoms with E-state index in [9.17, 15) is 9.59 Å². The number of rotatable bonds is 4. The fourth-order valence-electron chi connectivity index (χ4n) is 3.26. The van der Waals surface area contributed by atoms with Crippen LogP contribution in [0, 0.1) is 5.92 Å². The lowest BCUT2D eigenvalue weighted by Crippen LogP contribution is -2.34. The molecule has 1 aliphatic carbocycles. The molecule has 6 nitrogen and oxygen atoms in total. The van der Waals surface area contributed by atoms with Crippen molar-refractivity contribution in [3.8, 4) is 5.75 Å². The van der Waals surface area contributed by atoms with Crippen molar-refractivity contribution in [3.63, 3.8) is 0 Å². The Kier molecular flexibility index (Phi) is 6.22. The van der Waals surface area contributed by atoms with E-state index in [1.807, 2.05) is 0 Å². The first-order chi connectivity index (χ1) is 13.3. The maximum absolute atomic E-state index is 12.6. The van der Waals surface area contributed by atoms with Gasteiger partial charge in [0.2, 0.25) is 0 Å². The number of fused-ring (bicyclic) bond motifs is 1. The Morgan fingerprint density at radius 2 is 2.14 bits per heavy atom. The van der Waals surface area contributed by atoms with E-state index in [1.165, 1.54) is 24.5 Å². The van der Waals surface area contributed by atoms with E-state index in [2.05, 4.69) is 17.6 Å². The zero-order chi connectivity index (χ0) is 20.4. The number of thiophene rings is 1. The SMILES string of the molecule is COc1ccc(Cl)cc1C(=O)NC(=S)Nc1sc2c(c1C(N)=O)CCC(C)C2. The zero-order valence-corrected chi connectivity index (χ0v) is 17.8. The van der Waals surface area contributed by atoms with Crippen LogP contribution in [-0.4, -0.2) is 24.0 Å². The van der Waals surface area contributed by atoms with Crippen molar-refractivity contribution in [2.45, 2.75) is 26.2 Å². The average Bonchev–Trinajstić information content (AvgIpc) is 2.98. The third-order valence-corrected chi connectivity index (χ3v) is 6.23. The van der Waals surface area contributed by atoms with Gasteiger partial charge < -0.3 is 15.8 Å². The van der Waals surface area contributed by atoms with Gasteiger partial charge in [0, 0.05) is 9.90 Å². The van der Waals surface area contributed by atoms with Crippen LogP contribution in [0.25, 0.3) is 0 Å². The molecule has 3 rings (SSSR count). The molecular formula is C19H20ClN3O3S2. The summed E-state index contributed by atoms with van der Waals surface area (Å²) < 4.78 is 5.19. The number of hydrogen-bond acceptors (Lipinski definition) is 5. The first kappa shape index (κ1) is 20.6. The highest BCUT2D eigenvalue weighted by atomic mass is 35.5. The predicted octanol–water partition coefficient (Wildman–Crippen LogP) is 3.76. The maximum Gasteiger partial charge on any atom is 0.261 e. The van der Waals surface area contributed by atoms with Crippen LogP contribution in [-0.2, 0) is 12.8 Å². The molecule has 1 unspecified atom stereocenters. The molecule has 1 aliphatic rings. The lowest BCUT2D eigenvalue weighted by molar-refractivity contribution is 0.0972. The van der Waals surface area contributed by atoms with Gasteiger partial charge in [-0.25, -0.2) is 0 Å². The summed E-state index contributed by atoms with van der Waals surface area (Å²) in [6.45, 7) is 2.18. The molecule has 2 amide bonds. The Morgan fingerprint density at radius 3 is 2.82 bits per heavy atom. The number of nitrogens with one attached hydrogen (secondary N) is 2. The van der Waals surface area contributed by atoms with E-state index in [-0.39, 0.29) is 10.7 Å². The van der Waals surface area contributed by atoms with Gasteiger partial charge >= 0.3 is 0 Å². The Bertz CT molecular complexity index is 958. The van der Waals surface area contributed by atoms with Gasteiger partial charge in [-0.05, 0) is 61.2 Å². The van der Waals surface area contributed by atoms with E-state index in [1.54, 1.807) is 12.1 Å². The number of amides is 2. The van der Waals surface area contributed by atoms with Crippen molar-refractivity contribution in [2.24, 2.45) is 11.7 Å². The van der Waals surface area contributed by atoms with Crippen LogP contribution in [0.3, 0.4) is 0 Å². The molecular weight excluding hydrogens is 418 g/mol. The highest BCUT2D eigenvalue weighted by molar-refractivity contribution is 7.80. The van der Waals surface area contributed by atoms with Crippen LogP contribution in [0.1, 0.15) is 44.5 Å². The van der Waals surface area contributed by atoms with Gasteiger partial charge in [-0.3, -0.25) is 14.9 Å². The van der Waals surface area contributed by atoms with Crippen molar-refractivity contribution in [2.75, 3.05) is 12.4 Å². The Balaban J connectivity index is 1.80. The van der Waals surface area contributed by atoms with Crippen LogP contribution < -0.4 is 21.1 Å². The van der Waals surface area contributed by atoms with Crippen molar-refractivity contribution in [1.29, 1.82) is 0 Å². The summed E-state index contributed by atoms with van der Waals surface area (Å²) in [4.78, 5) is 25.7. The molecule has 0 bridgehead atoms. The lowest BCUT2D eigenvalue weighted by Gasteiger charge is -2.18. The third kappa shape index (κ3) is 4.29. The van der Waals surface area contributed by atoms with E-state index in [0.29, 0.717) is 27.3 Å². The summed E-state index contributed by atoms with van der Waals surface area (Å²) in [5.41, 5.74) is 7.32. The second-order valence-electron chi connectivity index (χ2n) is 6.67. The number of hydrogen-bond donors (Lipinski definition) is 3. The quantitative estimate of drug-likeness (QED) is 0.633. The number of methoxy groups -OCH3 is 1. The summed E-state index contributed by atoms with van der Waals surface area (Å²) in [6.07, 6.45) is 2.73. The molecule has 0 saturated heterocycles. The third-order valence-electron chi connectivity index (χ3n) is 4.62. The van der Waals surface area contributed by atoms with Crippen molar-refractivity contribution < 1.29 is 14.3 Å². The van der Waals surface area contributed by atoms with Gasteiger partial charge in [0.05, 0.1) is 18.2 Å². The van der Waals surface area contributed by atoms with Crippen LogP contribution in [0.2, 0.25) is 5.02 Å². The van der Waals surface area contributed by atoms with Gasteiger partial charge in [-0.15, -0.1) is 11.3 Å². The normalized spacial score (nSPS) is 15.5. The zero-order valence-electron chi connectivity index (χ0n) is 15.4. The van der Waals surface area contributed by atoms with E-state index >= 15 is 0 Å². The number of ether oxygens (including phenoxy) is 1.